The van der Waals surface area contributed by atoms with Gasteiger partial charge in [0.1, 0.15) is 0 Å². The minimum absolute atomic E-state index is 0.216. The molecular formula is C8H12N4O. The second kappa shape index (κ2) is 4.39. The van der Waals surface area contributed by atoms with Crippen molar-refractivity contribution in [3.63, 3.8) is 0 Å². The molecule has 1 heterocycles. The minimum atomic E-state index is -0.216. The number of H-pyrrole nitrogens is 1. The van der Waals surface area contributed by atoms with Gasteiger partial charge < -0.3 is 5.32 Å². The fraction of sp³-hybridized carbons (Fsp3) is 0.375. The summed E-state index contributed by atoms with van der Waals surface area (Å²) in [4.78, 5) is 11.2. The number of hydrogen-bond acceptors (Lipinski definition) is 3. The van der Waals surface area contributed by atoms with E-state index in [9.17, 15) is 4.79 Å². The van der Waals surface area contributed by atoms with Crippen LogP contribution in [0.3, 0.4) is 0 Å². The Kier molecular flexibility index (Phi) is 3.19. The van der Waals surface area contributed by atoms with Gasteiger partial charge in [0.05, 0.1) is 6.20 Å². The van der Waals surface area contributed by atoms with Crippen molar-refractivity contribution in [3.05, 3.63) is 23.5 Å². The minimum Gasteiger partial charge on any atom is -0.347 e. The molecule has 0 atom stereocenters. The second-order valence-corrected chi connectivity index (χ2v) is 2.85. The topological polar surface area (TPSA) is 70.7 Å². The Morgan fingerprint density at radius 3 is 3.00 bits per heavy atom. The quantitative estimate of drug-likeness (QED) is 0.665. The third-order valence-corrected chi connectivity index (χ3v) is 1.42. The maximum atomic E-state index is 11.2. The van der Waals surface area contributed by atoms with Crippen molar-refractivity contribution < 1.29 is 4.79 Å². The van der Waals surface area contributed by atoms with Gasteiger partial charge in [-0.05, 0) is 13.8 Å². The number of nitrogens with zero attached hydrogens (tertiary/aromatic N) is 2. The number of carbonyl (C=O) groups excluding carboxylic acids is 1. The molecule has 0 spiro atoms. The fourth-order valence-corrected chi connectivity index (χ4v) is 0.749. The molecular weight excluding hydrogens is 168 g/mol. The highest BCUT2D eigenvalue weighted by Gasteiger charge is 2.05. The molecule has 0 saturated carbocycles. The number of nitrogens with one attached hydrogen (secondary N) is 2. The van der Waals surface area contributed by atoms with Crippen molar-refractivity contribution in [2.75, 3.05) is 6.54 Å². The summed E-state index contributed by atoms with van der Waals surface area (Å²) >= 11 is 0. The van der Waals surface area contributed by atoms with E-state index in [1.165, 1.54) is 11.8 Å². The Labute approximate surface area is 76.2 Å². The summed E-state index contributed by atoms with van der Waals surface area (Å²) in [6.07, 6.45) is 3.32. The van der Waals surface area contributed by atoms with Crippen molar-refractivity contribution in [2.24, 2.45) is 0 Å². The van der Waals surface area contributed by atoms with E-state index in [1.807, 2.05) is 19.9 Å². The number of amides is 1. The highest BCUT2D eigenvalue weighted by Crippen LogP contribution is 1.89. The number of aromatic amines is 1. The van der Waals surface area contributed by atoms with Crippen LogP contribution in [0.1, 0.15) is 24.3 Å². The highest BCUT2D eigenvalue weighted by atomic mass is 16.1. The summed E-state index contributed by atoms with van der Waals surface area (Å²) in [5.74, 6) is -0.216. The Morgan fingerprint density at radius 2 is 2.46 bits per heavy atom. The summed E-state index contributed by atoms with van der Waals surface area (Å²) < 4.78 is 0. The molecule has 2 N–H and O–H groups in total. The van der Waals surface area contributed by atoms with Gasteiger partial charge in [-0.2, -0.15) is 15.4 Å². The molecule has 1 amide bonds. The van der Waals surface area contributed by atoms with Crippen molar-refractivity contribution in [3.8, 4) is 0 Å². The summed E-state index contributed by atoms with van der Waals surface area (Å²) in [6.45, 7) is 4.47. The molecule has 0 bridgehead atoms. The predicted molar refractivity (Wildman–Crippen MR) is 48.1 cm³/mol. The monoisotopic (exact) mass is 180 g/mol. The average molecular weight is 180 g/mol. The molecule has 0 aliphatic rings. The van der Waals surface area contributed by atoms with E-state index in [0.717, 1.165) is 0 Å². The van der Waals surface area contributed by atoms with Crippen LogP contribution in [-0.4, -0.2) is 27.9 Å². The molecule has 70 valence electrons. The van der Waals surface area contributed by atoms with Gasteiger partial charge in [-0.3, -0.25) is 4.79 Å². The maximum Gasteiger partial charge on any atom is 0.273 e. The van der Waals surface area contributed by atoms with E-state index < -0.39 is 0 Å². The molecule has 0 radical (unpaired) electrons. The number of rotatable bonds is 3. The van der Waals surface area contributed by atoms with E-state index in [4.69, 9.17) is 0 Å². The molecule has 0 saturated heterocycles. The van der Waals surface area contributed by atoms with Gasteiger partial charge in [0.25, 0.3) is 5.91 Å². The van der Waals surface area contributed by atoms with Crippen LogP contribution < -0.4 is 5.32 Å². The van der Waals surface area contributed by atoms with Crippen molar-refractivity contribution in [2.45, 2.75) is 13.8 Å². The third kappa shape index (κ3) is 3.06. The lowest BCUT2D eigenvalue weighted by atomic mass is 10.3. The van der Waals surface area contributed by atoms with Crippen LogP contribution in [0.2, 0.25) is 0 Å². The van der Waals surface area contributed by atoms with E-state index in [-0.39, 0.29) is 5.91 Å². The zero-order valence-corrected chi connectivity index (χ0v) is 7.66. The first kappa shape index (κ1) is 9.44. The van der Waals surface area contributed by atoms with Gasteiger partial charge in [-0.1, -0.05) is 11.6 Å². The van der Waals surface area contributed by atoms with E-state index >= 15 is 0 Å². The summed E-state index contributed by atoms with van der Waals surface area (Å²) in [6, 6.07) is 0. The number of hydrogen-bond donors (Lipinski definition) is 2. The van der Waals surface area contributed by atoms with Crippen molar-refractivity contribution in [1.82, 2.24) is 20.7 Å². The molecule has 0 unspecified atom stereocenters. The van der Waals surface area contributed by atoms with Gasteiger partial charge in [-0.15, -0.1) is 0 Å². The van der Waals surface area contributed by atoms with Crippen LogP contribution >= 0.6 is 0 Å². The first-order valence-electron chi connectivity index (χ1n) is 3.97. The molecule has 1 rings (SSSR count). The van der Waals surface area contributed by atoms with Crippen LogP contribution in [0.25, 0.3) is 0 Å². The zero-order chi connectivity index (χ0) is 9.68. The van der Waals surface area contributed by atoms with Gasteiger partial charge in [0.2, 0.25) is 0 Å². The Morgan fingerprint density at radius 1 is 1.69 bits per heavy atom. The Balaban J connectivity index is 2.39. The SMILES string of the molecule is CC(C)=CCNC(=O)c1cn[nH]n1. The first-order valence-corrected chi connectivity index (χ1v) is 3.97. The smallest absolute Gasteiger partial charge is 0.273 e. The first-order chi connectivity index (χ1) is 6.20. The largest absolute Gasteiger partial charge is 0.347 e. The van der Waals surface area contributed by atoms with Crippen LogP contribution in [0.5, 0.6) is 0 Å². The third-order valence-electron chi connectivity index (χ3n) is 1.42. The summed E-state index contributed by atoms with van der Waals surface area (Å²) in [7, 11) is 0. The standard InChI is InChI=1S/C8H12N4O/c1-6(2)3-4-9-8(13)7-5-10-12-11-7/h3,5H,4H2,1-2H3,(H,9,13)(H,10,11,12). The lowest BCUT2D eigenvalue weighted by molar-refractivity contribution is 0.0953. The number of allylic oxidation sites excluding steroid dienone is 1. The molecule has 0 aromatic carbocycles. The summed E-state index contributed by atoms with van der Waals surface area (Å²) in [5, 5.41) is 12.2. The predicted octanol–water partition coefficient (Wildman–Crippen LogP) is 0.501. The van der Waals surface area contributed by atoms with E-state index in [0.29, 0.717) is 12.2 Å². The molecule has 5 nitrogen and oxygen atoms in total. The normalized spacial score (nSPS) is 9.38. The van der Waals surface area contributed by atoms with Gasteiger partial charge in [-0.25, -0.2) is 0 Å². The number of carbonyl (C=O) groups is 1. The molecule has 1 aromatic heterocycles. The van der Waals surface area contributed by atoms with Gasteiger partial charge >= 0.3 is 0 Å². The highest BCUT2D eigenvalue weighted by molar-refractivity contribution is 5.91. The molecule has 0 aliphatic carbocycles. The van der Waals surface area contributed by atoms with Crippen LogP contribution in [0.4, 0.5) is 0 Å². The van der Waals surface area contributed by atoms with Gasteiger partial charge in [0, 0.05) is 6.54 Å². The van der Waals surface area contributed by atoms with Crippen LogP contribution in [0, 0.1) is 0 Å². The lowest BCUT2D eigenvalue weighted by Crippen LogP contribution is -2.23. The Bertz CT molecular complexity index is 298. The lowest BCUT2D eigenvalue weighted by Gasteiger charge is -1.97. The maximum absolute atomic E-state index is 11.2. The molecule has 13 heavy (non-hydrogen) atoms. The van der Waals surface area contributed by atoms with E-state index in [2.05, 4.69) is 20.7 Å². The molecule has 0 aliphatic heterocycles. The van der Waals surface area contributed by atoms with Crippen LogP contribution in [0.15, 0.2) is 17.8 Å². The Hall–Kier alpha value is -1.65. The fourth-order valence-electron chi connectivity index (χ4n) is 0.749. The molecule has 0 fully saturated rings. The van der Waals surface area contributed by atoms with E-state index in [1.54, 1.807) is 0 Å². The number of aromatic nitrogens is 3. The van der Waals surface area contributed by atoms with Crippen molar-refractivity contribution >= 4 is 5.91 Å². The molecule has 1 aromatic rings. The second-order valence-electron chi connectivity index (χ2n) is 2.85. The summed E-state index contributed by atoms with van der Waals surface area (Å²) in [5.41, 5.74) is 1.47. The van der Waals surface area contributed by atoms with Crippen molar-refractivity contribution in [1.29, 1.82) is 0 Å². The van der Waals surface area contributed by atoms with Crippen LogP contribution in [-0.2, 0) is 0 Å². The average Bonchev–Trinajstić information content (AvgIpc) is 2.55. The molecule has 5 heteroatoms. The van der Waals surface area contributed by atoms with Gasteiger partial charge in [0.15, 0.2) is 5.69 Å². The zero-order valence-electron chi connectivity index (χ0n) is 7.66.